The number of benzene rings is 1. The van der Waals surface area contributed by atoms with Crippen LogP contribution in [0, 0.1) is 5.82 Å². The number of hydrogen-bond donors (Lipinski definition) is 0. The van der Waals surface area contributed by atoms with Gasteiger partial charge in [-0.1, -0.05) is 6.07 Å². The van der Waals surface area contributed by atoms with E-state index in [2.05, 4.69) is 14.9 Å². The molecule has 0 radical (unpaired) electrons. The minimum Gasteiger partial charge on any atom is -0.496 e. The molecule has 0 aliphatic carbocycles. The molecular formula is C16H18FN3O2. The van der Waals surface area contributed by atoms with Crippen LogP contribution in [0.15, 0.2) is 36.8 Å². The summed E-state index contributed by atoms with van der Waals surface area (Å²) in [5.74, 6) is 0.324. The molecule has 1 aromatic heterocycles. The van der Waals surface area contributed by atoms with Crippen molar-refractivity contribution in [3.05, 3.63) is 53.9 Å². The fourth-order valence-corrected chi connectivity index (χ4v) is 2.61. The van der Waals surface area contributed by atoms with E-state index < -0.39 is 0 Å². The Hall–Kier alpha value is -2.05. The first kappa shape index (κ1) is 14.9. The van der Waals surface area contributed by atoms with E-state index in [9.17, 15) is 4.39 Å². The van der Waals surface area contributed by atoms with Crippen LogP contribution in [0.2, 0.25) is 0 Å². The monoisotopic (exact) mass is 303 g/mol. The predicted octanol–water partition coefficient (Wildman–Crippen LogP) is 2.20. The van der Waals surface area contributed by atoms with Crippen molar-refractivity contribution in [3.8, 4) is 5.75 Å². The highest BCUT2D eigenvalue weighted by Gasteiger charge is 2.24. The van der Waals surface area contributed by atoms with Crippen LogP contribution >= 0.6 is 0 Å². The third-order valence-electron chi connectivity index (χ3n) is 3.74. The second-order valence-electron chi connectivity index (χ2n) is 5.15. The number of aromatic nitrogens is 2. The number of methoxy groups -OCH3 is 1. The van der Waals surface area contributed by atoms with Gasteiger partial charge in [0, 0.05) is 37.6 Å². The maximum Gasteiger partial charge on any atom is 0.131 e. The first-order valence-electron chi connectivity index (χ1n) is 7.19. The summed E-state index contributed by atoms with van der Waals surface area (Å²) in [4.78, 5) is 10.5. The molecule has 1 atom stereocenters. The van der Waals surface area contributed by atoms with E-state index in [1.54, 1.807) is 37.8 Å². The fourth-order valence-electron chi connectivity index (χ4n) is 2.61. The Labute approximate surface area is 128 Å². The summed E-state index contributed by atoms with van der Waals surface area (Å²) in [5, 5.41) is 0. The number of ether oxygens (including phenoxy) is 2. The van der Waals surface area contributed by atoms with E-state index in [1.165, 1.54) is 6.07 Å². The van der Waals surface area contributed by atoms with Gasteiger partial charge in [0.25, 0.3) is 0 Å². The third-order valence-corrected chi connectivity index (χ3v) is 3.74. The maximum absolute atomic E-state index is 14.1. The van der Waals surface area contributed by atoms with Crippen LogP contribution in [0.4, 0.5) is 4.39 Å². The Morgan fingerprint density at radius 2 is 2.32 bits per heavy atom. The van der Waals surface area contributed by atoms with Crippen LogP contribution in [0.3, 0.4) is 0 Å². The van der Waals surface area contributed by atoms with Gasteiger partial charge in [0.15, 0.2) is 0 Å². The highest BCUT2D eigenvalue weighted by molar-refractivity contribution is 5.34. The lowest BCUT2D eigenvalue weighted by molar-refractivity contribution is -0.0356. The Kier molecular flexibility index (Phi) is 4.60. The fraction of sp³-hybridized carbons (Fsp3) is 0.375. The lowest BCUT2D eigenvalue weighted by Gasteiger charge is -2.32. The zero-order valence-corrected chi connectivity index (χ0v) is 12.4. The van der Waals surface area contributed by atoms with Gasteiger partial charge in [-0.25, -0.2) is 4.39 Å². The molecule has 1 saturated heterocycles. The molecule has 0 bridgehead atoms. The van der Waals surface area contributed by atoms with Gasteiger partial charge < -0.3 is 9.47 Å². The molecule has 0 N–H and O–H groups in total. The Morgan fingerprint density at radius 3 is 3.09 bits per heavy atom. The average Bonchev–Trinajstić information content (AvgIpc) is 2.58. The van der Waals surface area contributed by atoms with Crippen LogP contribution in [0.1, 0.15) is 17.4 Å². The lowest BCUT2D eigenvalue weighted by Crippen LogP contribution is -2.38. The smallest absolute Gasteiger partial charge is 0.131 e. The van der Waals surface area contributed by atoms with E-state index >= 15 is 0 Å². The van der Waals surface area contributed by atoms with Gasteiger partial charge in [0.05, 0.1) is 25.6 Å². The number of hydrogen-bond acceptors (Lipinski definition) is 5. The number of nitrogens with zero attached hydrogens (tertiary/aromatic N) is 3. The van der Waals surface area contributed by atoms with Gasteiger partial charge in [0.2, 0.25) is 0 Å². The minimum atomic E-state index is -0.248. The molecule has 2 aromatic rings. The summed E-state index contributed by atoms with van der Waals surface area (Å²) >= 11 is 0. The molecule has 1 aromatic carbocycles. The molecule has 5 nitrogen and oxygen atoms in total. The molecule has 1 unspecified atom stereocenters. The minimum absolute atomic E-state index is 0.139. The van der Waals surface area contributed by atoms with E-state index in [0.717, 1.165) is 12.2 Å². The van der Waals surface area contributed by atoms with Crippen LogP contribution < -0.4 is 4.74 Å². The standard InChI is InChI=1S/C16H18FN3O2/c1-21-15-4-2-3-13(17)12(15)10-20-7-8-22-16(11-20)14-9-18-5-6-19-14/h2-6,9,16H,7-8,10-11H2,1H3. The summed E-state index contributed by atoms with van der Waals surface area (Å²) in [6.07, 6.45) is 4.85. The SMILES string of the molecule is COc1cccc(F)c1CN1CCOC(c2cnccn2)C1. The molecule has 0 amide bonds. The van der Waals surface area contributed by atoms with Crippen LogP contribution in [-0.4, -0.2) is 41.7 Å². The Morgan fingerprint density at radius 1 is 1.41 bits per heavy atom. The molecule has 1 aliphatic rings. The van der Waals surface area contributed by atoms with Crippen molar-refractivity contribution in [2.75, 3.05) is 26.8 Å². The van der Waals surface area contributed by atoms with Gasteiger partial charge in [-0.3, -0.25) is 14.9 Å². The predicted molar refractivity (Wildman–Crippen MR) is 79.0 cm³/mol. The molecule has 3 rings (SSSR count). The van der Waals surface area contributed by atoms with Gasteiger partial charge in [-0.15, -0.1) is 0 Å². The second-order valence-corrected chi connectivity index (χ2v) is 5.15. The molecule has 6 heteroatoms. The summed E-state index contributed by atoms with van der Waals surface area (Å²) in [7, 11) is 1.56. The second kappa shape index (κ2) is 6.81. The molecule has 116 valence electrons. The van der Waals surface area contributed by atoms with Gasteiger partial charge in [-0.2, -0.15) is 0 Å². The quantitative estimate of drug-likeness (QED) is 0.866. The van der Waals surface area contributed by atoms with Gasteiger partial charge in [-0.05, 0) is 12.1 Å². The Balaban J connectivity index is 1.74. The van der Waals surface area contributed by atoms with E-state index in [4.69, 9.17) is 9.47 Å². The largest absolute Gasteiger partial charge is 0.496 e. The van der Waals surface area contributed by atoms with E-state index in [-0.39, 0.29) is 11.9 Å². The van der Waals surface area contributed by atoms with Crippen molar-refractivity contribution >= 4 is 0 Å². The van der Waals surface area contributed by atoms with E-state index in [1.807, 2.05) is 0 Å². The third kappa shape index (κ3) is 3.23. The average molecular weight is 303 g/mol. The molecule has 22 heavy (non-hydrogen) atoms. The van der Waals surface area contributed by atoms with Gasteiger partial charge in [0.1, 0.15) is 17.7 Å². The molecule has 0 spiro atoms. The number of rotatable bonds is 4. The summed E-state index contributed by atoms with van der Waals surface area (Å²) in [6.45, 7) is 2.46. The van der Waals surface area contributed by atoms with Crippen molar-refractivity contribution < 1.29 is 13.9 Å². The maximum atomic E-state index is 14.1. The first-order valence-corrected chi connectivity index (χ1v) is 7.19. The topological polar surface area (TPSA) is 47.5 Å². The first-order chi connectivity index (χ1) is 10.8. The van der Waals surface area contributed by atoms with E-state index in [0.29, 0.717) is 31.0 Å². The highest BCUT2D eigenvalue weighted by atomic mass is 19.1. The lowest BCUT2D eigenvalue weighted by atomic mass is 10.1. The van der Waals surface area contributed by atoms with Crippen molar-refractivity contribution in [1.29, 1.82) is 0 Å². The van der Waals surface area contributed by atoms with Crippen molar-refractivity contribution in [1.82, 2.24) is 14.9 Å². The van der Waals surface area contributed by atoms with Crippen molar-refractivity contribution in [3.63, 3.8) is 0 Å². The normalized spacial score (nSPS) is 19.1. The molecular weight excluding hydrogens is 285 g/mol. The van der Waals surface area contributed by atoms with Crippen LogP contribution in [-0.2, 0) is 11.3 Å². The molecule has 1 fully saturated rings. The highest BCUT2D eigenvalue weighted by Crippen LogP contribution is 2.26. The van der Waals surface area contributed by atoms with Gasteiger partial charge >= 0.3 is 0 Å². The molecule has 2 heterocycles. The summed E-state index contributed by atoms with van der Waals surface area (Å²) in [5.41, 5.74) is 1.37. The van der Waals surface area contributed by atoms with Crippen LogP contribution in [0.25, 0.3) is 0 Å². The molecule has 1 aliphatic heterocycles. The van der Waals surface area contributed by atoms with Crippen molar-refractivity contribution in [2.24, 2.45) is 0 Å². The van der Waals surface area contributed by atoms with Crippen LogP contribution in [0.5, 0.6) is 5.75 Å². The number of halogens is 1. The zero-order chi connectivity index (χ0) is 15.4. The summed E-state index contributed by atoms with van der Waals surface area (Å²) < 4.78 is 25.1. The summed E-state index contributed by atoms with van der Waals surface area (Å²) in [6, 6.07) is 4.89. The Bertz CT molecular complexity index is 624. The van der Waals surface area contributed by atoms with Crippen molar-refractivity contribution in [2.45, 2.75) is 12.6 Å². The number of morpholine rings is 1. The molecule has 0 saturated carbocycles. The zero-order valence-electron chi connectivity index (χ0n) is 12.4.